The quantitative estimate of drug-likeness (QED) is 0.479. The number of nitrogens with one attached hydrogen (secondary N) is 1. The summed E-state index contributed by atoms with van der Waals surface area (Å²) < 4.78 is 16.4. The number of hydrogen-bond acceptors (Lipinski definition) is 7. The average molecular weight is 523 g/mol. The smallest absolute Gasteiger partial charge is 0.338 e. The number of urea groups is 1. The normalized spacial score (nSPS) is 18.8. The lowest BCUT2D eigenvalue weighted by atomic mass is 9.93. The van der Waals surface area contributed by atoms with Crippen LogP contribution in [0.2, 0.25) is 0 Å². The van der Waals surface area contributed by atoms with Crippen LogP contribution in [-0.2, 0) is 16.1 Å². The molecule has 1 unspecified atom stereocenters. The highest BCUT2D eigenvalue weighted by atomic mass is 16.5. The molecule has 1 saturated heterocycles. The fourth-order valence-electron chi connectivity index (χ4n) is 5.06. The van der Waals surface area contributed by atoms with Gasteiger partial charge in [-0.3, -0.25) is 14.7 Å². The summed E-state index contributed by atoms with van der Waals surface area (Å²) in [5, 5.41) is 3.02. The van der Waals surface area contributed by atoms with E-state index in [9.17, 15) is 9.59 Å². The maximum atomic E-state index is 13.4. The van der Waals surface area contributed by atoms with Gasteiger partial charge in [-0.05, 0) is 37.1 Å². The Labute approximate surface area is 224 Å². The number of methoxy groups -OCH3 is 2. The number of carbonyl (C=O) groups is 2. The van der Waals surface area contributed by atoms with Crippen molar-refractivity contribution in [1.29, 1.82) is 0 Å². The monoisotopic (exact) mass is 522 g/mol. The Hall–Kier alpha value is -3.56. The molecule has 2 aliphatic heterocycles. The molecule has 2 amide bonds. The van der Waals surface area contributed by atoms with E-state index in [0.717, 1.165) is 32.7 Å². The zero-order valence-electron chi connectivity index (χ0n) is 22.7. The van der Waals surface area contributed by atoms with Crippen LogP contribution in [-0.4, -0.2) is 86.8 Å². The molecule has 4 rings (SSSR count). The maximum Gasteiger partial charge on any atom is 0.338 e. The molecule has 1 N–H and O–H groups in total. The summed E-state index contributed by atoms with van der Waals surface area (Å²) in [7, 11) is 3.14. The number of nitrogens with zero attached hydrogens (tertiary/aromatic N) is 3. The van der Waals surface area contributed by atoms with Crippen LogP contribution in [0.5, 0.6) is 11.5 Å². The van der Waals surface area contributed by atoms with Crippen LogP contribution < -0.4 is 14.8 Å². The Morgan fingerprint density at radius 2 is 1.53 bits per heavy atom. The van der Waals surface area contributed by atoms with Crippen LogP contribution in [0.1, 0.15) is 31.0 Å². The highest BCUT2D eigenvalue weighted by molar-refractivity contribution is 5.95. The molecule has 0 aromatic heterocycles. The van der Waals surface area contributed by atoms with Crippen molar-refractivity contribution in [1.82, 2.24) is 20.0 Å². The van der Waals surface area contributed by atoms with E-state index in [0.29, 0.717) is 41.4 Å². The lowest BCUT2D eigenvalue weighted by Gasteiger charge is -2.40. The molecule has 1 fully saturated rings. The lowest BCUT2D eigenvalue weighted by molar-refractivity contribution is -0.139. The zero-order chi connectivity index (χ0) is 27.1. The van der Waals surface area contributed by atoms with Crippen LogP contribution in [0, 0.1) is 0 Å². The zero-order valence-corrected chi connectivity index (χ0v) is 22.7. The van der Waals surface area contributed by atoms with Gasteiger partial charge in [-0.15, -0.1) is 0 Å². The van der Waals surface area contributed by atoms with E-state index in [4.69, 9.17) is 14.2 Å². The summed E-state index contributed by atoms with van der Waals surface area (Å²) in [6, 6.07) is 14.9. The summed E-state index contributed by atoms with van der Waals surface area (Å²) in [5.41, 5.74) is 3.11. The third-order valence-electron chi connectivity index (χ3n) is 7.04. The molecule has 0 aliphatic carbocycles. The lowest BCUT2D eigenvalue weighted by Crippen LogP contribution is -2.53. The summed E-state index contributed by atoms with van der Waals surface area (Å²) >= 11 is 0. The molecule has 2 heterocycles. The van der Waals surface area contributed by atoms with Gasteiger partial charge in [0.1, 0.15) is 11.5 Å². The van der Waals surface area contributed by atoms with Crippen LogP contribution in [0.4, 0.5) is 4.79 Å². The molecule has 2 aliphatic rings. The minimum Gasteiger partial charge on any atom is -0.497 e. The first-order valence-corrected chi connectivity index (χ1v) is 13.2. The van der Waals surface area contributed by atoms with Gasteiger partial charge in [0.25, 0.3) is 0 Å². The van der Waals surface area contributed by atoms with E-state index in [1.54, 1.807) is 32.1 Å². The molecule has 9 heteroatoms. The van der Waals surface area contributed by atoms with E-state index in [2.05, 4.69) is 39.4 Å². The van der Waals surface area contributed by atoms with E-state index >= 15 is 0 Å². The minimum absolute atomic E-state index is 0.238. The first-order valence-electron chi connectivity index (χ1n) is 13.2. The average Bonchev–Trinajstić information content (AvgIpc) is 2.94. The summed E-state index contributed by atoms with van der Waals surface area (Å²) in [5.74, 6) is 0.715. The van der Waals surface area contributed by atoms with Crippen molar-refractivity contribution >= 4 is 12.0 Å². The predicted molar refractivity (Wildman–Crippen MR) is 145 cm³/mol. The predicted octanol–water partition coefficient (Wildman–Crippen LogP) is 3.43. The van der Waals surface area contributed by atoms with E-state index < -0.39 is 12.0 Å². The van der Waals surface area contributed by atoms with Gasteiger partial charge in [0.15, 0.2) is 0 Å². The molecule has 204 valence electrons. The second kappa shape index (κ2) is 12.8. The topological polar surface area (TPSA) is 83.6 Å². The third kappa shape index (κ3) is 6.28. The Bertz CT molecular complexity index is 1120. The van der Waals surface area contributed by atoms with Crippen molar-refractivity contribution in [2.75, 3.05) is 60.1 Å². The molecular weight excluding hydrogens is 484 g/mol. The van der Waals surface area contributed by atoms with Crippen molar-refractivity contribution in [3.8, 4) is 11.5 Å². The number of hydrogen-bond donors (Lipinski definition) is 1. The number of ether oxygens (including phenoxy) is 3. The van der Waals surface area contributed by atoms with Gasteiger partial charge in [-0.25, -0.2) is 9.59 Å². The molecule has 9 nitrogen and oxygen atoms in total. The number of piperazine rings is 1. The van der Waals surface area contributed by atoms with Crippen molar-refractivity contribution < 1.29 is 23.8 Å². The van der Waals surface area contributed by atoms with Gasteiger partial charge in [-0.1, -0.05) is 30.3 Å². The SMILES string of the molecule is CCOC(=O)C1=C(CN2CCN(Cc3ccccc3)CC2)N(CC)C(=O)NC1c1cc(OC)cc(OC)c1. The molecule has 2 aromatic carbocycles. The van der Waals surface area contributed by atoms with Gasteiger partial charge >= 0.3 is 12.0 Å². The first kappa shape index (κ1) is 27.5. The third-order valence-corrected chi connectivity index (χ3v) is 7.04. The second-order valence-corrected chi connectivity index (χ2v) is 9.39. The van der Waals surface area contributed by atoms with E-state index in [1.807, 2.05) is 25.1 Å². The van der Waals surface area contributed by atoms with Crippen molar-refractivity contribution in [2.24, 2.45) is 0 Å². The summed E-state index contributed by atoms with van der Waals surface area (Å²) in [6.45, 7) is 9.25. The Kier molecular flexibility index (Phi) is 9.25. The number of benzene rings is 2. The Balaban J connectivity index is 1.63. The molecule has 0 bridgehead atoms. The highest BCUT2D eigenvalue weighted by Crippen LogP contribution is 2.35. The van der Waals surface area contributed by atoms with Crippen LogP contribution >= 0.6 is 0 Å². The summed E-state index contributed by atoms with van der Waals surface area (Å²) in [4.78, 5) is 33.1. The van der Waals surface area contributed by atoms with E-state index in [1.165, 1.54) is 5.56 Å². The summed E-state index contributed by atoms with van der Waals surface area (Å²) in [6.07, 6.45) is 0. The molecule has 2 aromatic rings. The minimum atomic E-state index is -0.692. The van der Waals surface area contributed by atoms with E-state index in [-0.39, 0.29) is 12.6 Å². The van der Waals surface area contributed by atoms with Crippen molar-refractivity contribution in [3.63, 3.8) is 0 Å². The Morgan fingerprint density at radius 1 is 0.921 bits per heavy atom. The fraction of sp³-hybridized carbons (Fsp3) is 0.448. The number of rotatable bonds is 10. The maximum absolute atomic E-state index is 13.4. The van der Waals surface area contributed by atoms with Crippen LogP contribution in [0.15, 0.2) is 59.8 Å². The molecule has 1 atom stereocenters. The fourth-order valence-corrected chi connectivity index (χ4v) is 5.06. The first-order chi connectivity index (χ1) is 18.5. The largest absolute Gasteiger partial charge is 0.497 e. The molecule has 0 saturated carbocycles. The van der Waals surface area contributed by atoms with Gasteiger partial charge in [0.05, 0.1) is 32.4 Å². The van der Waals surface area contributed by atoms with Gasteiger partial charge in [0.2, 0.25) is 0 Å². The van der Waals surface area contributed by atoms with Gasteiger partial charge in [-0.2, -0.15) is 0 Å². The standard InChI is InChI=1S/C29H38N4O5/c1-5-33-25(20-32-14-12-31(13-15-32)19-21-10-8-7-9-11-21)26(28(34)38-6-2)27(30-29(33)35)22-16-23(36-3)18-24(17-22)37-4/h7-11,16-18,27H,5-6,12-15,19-20H2,1-4H3,(H,30,35). The van der Waals surface area contributed by atoms with Gasteiger partial charge < -0.3 is 19.5 Å². The van der Waals surface area contributed by atoms with Crippen molar-refractivity contribution in [2.45, 2.75) is 26.4 Å². The molecular formula is C29H38N4O5. The van der Waals surface area contributed by atoms with Crippen LogP contribution in [0.25, 0.3) is 0 Å². The number of amides is 2. The number of esters is 1. The van der Waals surface area contributed by atoms with Crippen LogP contribution in [0.3, 0.4) is 0 Å². The number of likely N-dealkylation sites (N-methyl/N-ethyl adjacent to an activating group) is 1. The van der Waals surface area contributed by atoms with Crippen molar-refractivity contribution in [3.05, 3.63) is 70.9 Å². The molecule has 0 radical (unpaired) electrons. The molecule has 38 heavy (non-hydrogen) atoms. The number of carbonyl (C=O) groups excluding carboxylic acids is 2. The Morgan fingerprint density at radius 3 is 2.08 bits per heavy atom. The second-order valence-electron chi connectivity index (χ2n) is 9.39. The highest BCUT2D eigenvalue weighted by Gasteiger charge is 2.39. The van der Waals surface area contributed by atoms with Gasteiger partial charge in [0, 0.05) is 57.6 Å². The molecule has 0 spiro atoms.